The number of rotatable bonds is 0. The van der Waals surface area contributed by atoms with Gasteiger partial charge in [-0.05, 0) is 13.0 Å². The second-order valence-corrected chi connectivity index (χ2v) is 2.40. The van der Waals surface area contributed by atoms with Crippen molar-refractivity contribution >= 4 is 0 Å². The molecule has 0 unspecified atom stereocenters. The average Bonchev–Trinajstić information content (AvgIpc) is 2.11. The van der Waals surface area contributed by atoms with Gasteiger partial charge in [-0.2, -0.15) is 13.2 Å². The molecule has 0 aliphatic carbocycles. The van der Waals surface area contributed by atoms with E-state index in [1.807, 2.05) is 18.8 Å². The Morgan fingerprint density at radius 2 is 1.79 bits per heavy atom. The molecule has 1 aromatic rings. The number of aromatic nitrogens is 1. The molecule has 1 heterocycles. The fraction of sp³-hybridized carbons (Fsp3) is 0.444. The Kier molecular flexibility index (Phi) is 4.40. The largest absolute Gasteiger partial charge is 0.417 e. The highest BCUT2D eigenvalue weighted by atomic mass is 19.4. The third-order valence-electron chi connectivity index (χ3n) is 1.42. The highest BCUT2D eigenvalue weighted by Crippen LogP contribution is 2.28. The van der Waals surface area contributed by atoms with Crippen LogP contribution in [0.4, 0.5) is 13.2 Å². The Hall–Kier alpha value is -1.26. The van der Waals surface area contributed by atoms with Crippen molar-refractivity contribution in [3.8, 4) is 0 Å². The summed E-state index contributed by atoms with van der Waals surface area (Å²) in [7, 11) is 0. The van der Waals surface area contributed by atoms with E-state index in [0.29, 0.717) is 6.20 Å². The third kappa shape index (κ3) is 3.24. The Balaban J connectivity index is 0.000000791. The van der Waals surface area contributed by atoms with Gasteiger partial charge in [0.15, 0.2) is 0 Å². The molecule has 0 saturated heterocycles. The standard InChI is InChI=1S/C7H6F3NO.C2H6/c1-4-2-5(7(8,9)10)3-11-6(4)12;1-2/h2-3H,1H3,(H,11,12);1-2H3. The molecule has 1 aromatic heterocycles. The van der Waals surface area contributed by atoms with E-state index in [1.54, 1.807) is 0 Å². The van der Waals surface area contributed by atoms with Crippen LogP contribution in [0.1, 0.15) is 25.0 Å². The topological polar surface area (TPSA) is 32.9 Å². The van der Waals surface area contributed by atoms with E-state index in [-0.39, 0.29) is 5.56 Å². The van der Waals surface area contributed by atoms with Crippen molar-refractivity contribution in [1.82, 2.24) is 4.98 Å². The van der Waals surface area contributed by atoms with Crippen LogP contribution in [0.5, 0.6) is 0 Å². The molecule has 0 fully saturated rings. The number of hydrogen-bond acceptors (Lipinski definition) is 1. The van der Waals surface area contributed by atoms with Crippen molar-refractivity contribution in [2.75, 3.05) is 0 Å². The molecule has 2 nitrogen and oxygen atoms in total. The molecule has 0 atom stereocenters. The summed E-state index contributed by atoms with van der Waals surface area (Å²) in [4.78, 5) is 12.7. The normalized spacial score (nSPS) is 10.4. The van der Waals surface area contributed by atoms with E-state index >= 15 is 0 Å². The first-order chi connectivity index (χ1) is 6.41. The summed E-state index contributed by atoms with van der Waals surface area (Å²) in [5.41, 5.74) is -1.27. The van der Waals surface area contributed by atoms with Crippen molar-refractivity contribution in [3.05, 3.63) is 33.7 Å². The Labute approximate surface area is 79.8 Å². The summed E-state index contributed by atoms with van der Waals surface area (Å²) < 4.78 is 35.9. The molecule has 0 aromatic carbocycles. The van der Waals surface area contributed by atoms with Gasteiger partial charge in [0.25, 0.3) is 5.56 Å². The van der Waals surface area contributed by atoms with Crippen LogP contribution in [0.3, 0.4) is 0 Å². The van der Waals surface area contributed by atoms with Crippen LogP contribution in [0.25, 0.3) is 0 Å². The van der Waals surface area contributed by atoms with Gasteiger partial charge in [-0.1, -0.05) is 13.8 Å². The van der Waals surface area contributed by atoms with E-state index < -0.39 is 17.3 Å². The number of aromatic amines is 1. The zero-order valence-corrected chi connectivity index (χ0v) is 8.20. The number of nitrogens with one attached hydrogen (secondary N) is 1. The predicted molar refractivity (Wildman–Crippen MR) is 48.1 cm³/mol. The molecular weight excluding hydrogens is 195 g/mol. The van der Waals surface area contributed by atoms with Gasteiger partial charge in [-0.25, -0.2) is 0 Å². The maximum atomic E-state index is 12.0. The zero-order chi connectivity index (χ0) is 11.4. The first-order valence-electron chi connectivity index (χ1n) is 4.18. The van der Waals surface area contributed by atoms with Gasteiger partial charge < -0.3 is 4.98 Å². The molecule has 0 amide bonds. The zero-order valence-electron chi connectivity index (χ0n) is 8.20. The summed E-state index contributed by atoms with van der Waals surface area (Å²) in [5, 5.41) is 0. The monoisotopic (exact) mass is 207 g/mol. The van der Waals surface area contributed by atoms with Gasteiger partial charge in [-0.3, -0.25) is 4.79 Å². The highest BCUT2D eigenvalue weighted by molar-refractivity contribution is 5.19. The number of H-pyrrole nitrogens is 1. The minimum atomic E-state index is -4.39. The molecule has 0 spiro atoms. The Morgan fingerprint density at radius 1 is 1.29 bits per heavy atom. The van der Waals surface area contributed by atoms with Crippen molar-refractivity contribution in [1.29, 1.82) is 0 Å². The molecule has 5 heteroatoms. The van der Waals surface area contributed by atoms with Crippen LogP contribution in [0.15, 0.2) is 17.1 Å². The van der Waals surface area contributed by atoms with Crippen LogP contribution in [0.2, 0.25) is 0 Å². The maximum Gasteiger partial charge on any atom is 0.417 e. The molecule has 0 saturated carbocycles. The summed E-state index contributed by atoms with van der Waals surface area (Å²) in [6.07, 6.45) is -3.73. The van der Waals surface area contributed by atoms with E-state index in [2.05, 4.69) is 0 Å². The quantitative estimate of drug-likeness (QED) is 0.697. The van der Waals surface area contributed by atoms with Crippen LogP contribution >= 0.6 is 0 Å². The molecule has 14 heavy (non-hydrogen) atoms. The second kappa shape index (κ2) is 4.83. The van der Waals surface area contributed by atoms with Gasteiger partial charge in [0.2, 0.25) is 0 Å². The fourth-order valence-corrected chi connectivity index (χ4v) is 0.761. The lowest BCUT2D eigenvalue weighted by molar-refractivity contribution is -0.137. The number of hydrogen-bond donors (Lipinski definition) is 1. The first kappa shape index (κ1) is 12.7. The molecule has 0 aliphatic rings. The average molecular weight is 207 g/mol. The molecule has 80 valence electrons. The summed E-state index contributed by atoms with van der Waals surface area (Å²) in [5.74, 6) is 0. The lowest BCUT2D eigenvalue weighted by Gasteiger charge is -2.05. The van der Waals surface area contributed by atoms with E-state index in [0.717, 1.165) is 6.07 Å². The van der Waals surface area contributed by atoms with Gasteiger partial charge in [0.1, 0.15) is 0 Å². The van der Waals surface area contributed by atoms with E-state index in [4.69, 9.17) is 0 Å². The molecule has 0 radical (unpaired) electrons. The molecular formula is C9H12F3NO. The molecule has 1 rings (SSSR count). The van der Waals surface area contributed by atoms with Crippen molar-refractivity contribution < 1.29 is 13.2 Å². The Bertz CT molecular complexity index is 341. The third-order valence-corrected chi connectivity index (χ3v) is 1.42. The van der Waals surface area contributed by atoms with Crippen LogP contribution < -0.4 is 5.56 Å². The van der Waals surface area contributed by atoms with Gasteiger partial charge in [0.05, 0.1) is 5.56 Å². The number of alkyl halides is 3. The number of pyridine rings is 1. The van der Waals surface area contributed by atoms with Gasteiger partial charge in [-0.15, -0.1) is 0 Å². The minimum Gasteiger partial charge on any atom is -0.328 e. The summed E-state index contributed by atoms with van der Waals surface area (Å²) >= 11 is 0. The smallest absolute Gasteiger partial charge is 0.328 e. The predicted octanol–water partition coefficient (Wildman–Crippen LogP) is 2.73. The lowest BCUT2D eigenvalue weighted by Crippen LogP contribution is -2.13. The van der Waals surface area contributed by atoms with Crippen LogP contribution in [0, 0.1) is 6.92 Å². The first-order valence-corrected chi connectivity index (χ1v) is 4.18. The van der Waals surface area contributed by atoms with Gasteiger partial charge in [0, 0.05) is 11.8 Å². The number of halogens is 3. The highest BCUT2D eigenvalue weighted by Gasteiger charge is 2.30. The van der Waals surface area contributed by atoms with Crippen molar-refractivity contribution in [2.24, 2.45) is 0 Å². The fourth-order valence-electron chi connectivity index (χ4n) is 0.761. The molecule has 0 aliphatic heterocycles. The minimum absolute atomic E-state index is 0.0600. The number of aryl methyl sites for hydroxylation is 1. The lowest BCUT2D eigenvalue weighted by atomic mass is 10.2. The van der Waals surface area contributed by atoms with Crippen molar-refractivity contribution in [3.63, 3.8) is 0 Å². The summed E-state index contributed by atoms with van der Waals surface area (Å²) in [6, 6.07) is 0.818. The Morgan fingerprint density at radius 3 is 2.14 bits per heavy atom. The molecule has 0 bridgehead atoms. The van der Waals surface area contributed by atoms with Crippen LogP contribution in [-0.4, -0.2) is 4.98 Å². The van der Waals surface area contributed by atoms with Crippen LogP contribution in [-0.2, 0) is 6.18 Å². The van der Waals surface area contributed by atoms with Gasteiger partial charge >= 0.3 is 6.18 Å². The summed E-state index contributed by atoms with van der Waals surface area (Å²) in [6.45, 7) is 5.33. The van der Waals surface area contributed by atoms with E-state index in [9.17, 15) is 18.0 Å². The molecule has 1 N–H and O–H groups in total. The maximum absolute atomic E-state index is 12.0. The second-order valence-electron chi connectivity index (χ2n) is 2.40. The van der Waals surface area contributed by atoms with E-state index in [1.165, 1.54) is 6.92 Å². The SMILES string of the molecule is CC.Cc1cc(C(F)(F)F)c[nH]c1=O. The van der Waals surface area contributed by atoms with Crippen molar-refractivity contribution in [2.45, 2.75) is 26.9 Å².